The topological polar surface area (TPSA) is 60.5 Å². The summed E-state index contributed by atoms with van der Waals surface area (Å²) >= 11 is 1.47. The minimum Gasteiger partial charge on any atom is -0.497 e. The molecule has 0 unspecified atom stereocenters. The molecule has 158 valence electrons. The number of aromatic nitrogens is 1. The lowest BCUT2D eigenvalue weighted by Crippen LogP contribution is -2.51. The number of hydrogen-bond donors (Lipinski definition) is 1. The fourth-order valence-corrected chi connectivity index (χ4v) is 7.01. The normalized spacial score (nSPS) is 28.9. The number of nitrogens with zero attached hydrogens (tertiary/aromatic N) is 1. The zero-order valence-corrected chi connectivity index (χ0v) is 18.1. The summed E-state index contributed by atoms with van der Waals surface area (Å²) < 4.78 is 10.9. The monoisotopic (exact) mass is 424 g/mol. The number of hydrogen-bond acceptors (Lipinski definition) is 5. The van der Waals surface area contributed by atoms with E-state index in [0.717, 1.165) is 34.9 Å². The van der Waals surface area contributed by atoms with Crippen molar-refractivity contribution in [3.63, 3.8) is 0 Å². The number of methoxy groups -OCH3 is 1. The van der Waals surface area contributed by atoms with Gasteiger partial charge in [-0.1, -0.05) is 11.8 Å². The number of amides is 1. The molecule has 30 heavy (non-hydrogen) atoms. The summed E-state index contributed by atoms with van der Waals surface area (Å²) in [6, 6.07) is 11.3. The Morgan fingerprint density at radius 1 is 1.10 bits per heavy atom. The minimum absolute atomic E-state index is 0.295. The summed E-state index contributed by atoms with van der Waals surface area (Å²) in [6.45, 7) is 0.733. The zero-order chi connectivity index (χ0) is 20.6. The van der Waals surface area contributed by atoms with Gasteiger partial charge in [0.05, 0.1) is 7.11 Å². The molecule has 1 aromatic carbocycles. The molecule has 1 amide bonds. The largest absolute Gasteiger partial charge is 0.497 e. The third kappa shape index (κ3) is 4.15. The quantitative estimate of drug-likeness (QED) is 0.659. The molecule has 4 saturated carbocycles. The summed E-state index contributed by atoms with van der Waals surface area (Å²) in [5.41, 5.74) is 0.295. The van der Waals surface area contributed by atoms with E-state index in [-0.39, 0.29) is 6.09 Å². The van der Waals surface area contributed by atoms with Crippen LogP contribution in [0, 0.1) is 23.2 Å². The van der Waals surface area contributed by atoms with Crippen molar-refractivity contribution in [1.29, 1.82) is 0 Å². The minimum atomic E-state index is -0.379. The van der Waals surface area contributed by atoms with Crippen LogP contribution in [0.4, 0.5) is 4.79 Å². The Hall–Kier alpha value is -2.21. The molecule has 4 aliphatic rings. The van der Waals surface area contributed by atoms with Crippen LogP contribution in [0.1, 0.15) is 38.5 Å². The summed E-state index contributed by atoms with van der Waals surface area (Å²) in [5.74, 6) is 3.92. The van der Waals surface area contributed by atoms with Crippen molar-refractivity contribution in [2.45, 2.75) is 48.4 Å². The number of benzene rings is 1. The van der Waals surface area contributed by atoms with E-state index in [1.807, 2.05) is 24.3 Å². The van der Waals surface area contributed by atoms with Crippen molar-refractivity contribution in [2.75, 3.05) is 13.7 Å². The number of carbonyl (C=O) groups is 1. The maximum absolute atomic E-state index is 12.6. The van der Waals surface area contributed by atoms with E-state index >= 15 is 0 Å². The fraction of sp³-hybridized carbons (Fsp3) is 0.500. The molecule has 0 spiro atoms. The Morgan fingerprint density at radius 3 is 2.40 bits per heavy atom. The molecule has 0 saturated heterocycles. The molecule has 1 N–H and O–H groups in total. The van der Waals surface area contributed by atoms with Gasteiger partial charge >= 0.3 is 6.09 Å². The molecule has 4 bridgehead atoms. The van der Waals surface area contributed by atoms with Gasteiger partial charge in [0.15, 0.2) is 5.75 Å². The third-order valence-electron chi connectivity index (χ3n) is 6.99. The van der Waals surface area contributed by atoms with Crippen LogP contribution in [-0.2, 0) is 0 Å². The molecule has 6 heteroatoms. The molecule has 4 fully saturated rings. The average molecular weight is 425 g/mol. The van der Waals surface area contributed by atoms with Crippen molar-refractivity contribution < 1.29 is 14.3 Å². The number of nitrogens with one attached hydrogen (secondary N) is 1. The smallest absolute Gasteiger partial charge is 0.412 e. The van der Waals surface area contributed by atoms with Crippen molar-refractivity contribution in [3.8, 4) is 11.5 Å². The van der Waals surface area contributed by atoms with Gasteiger partial charge in [-0.2, -0.15) is 0 Å². The van der Waals surface area contributed by atoms with Crippen LogP contribution in [0.2, 0.25) is 0 Å². The molecule has 0 atom stereocenters. The van der Waals surface area contributed by atoms with Crippen LogP contribution in [0.15, 0.2) is 52.5 Å². The highest BCUT2D eigenvalue weighted by Crippen LogP contribution is 2.59. The Balaban J connectivity index is 1.21. The number of pyridine rings is 1. The van der Waals surface area contributed by atoms with Crippen LogP contribution < -0.4 is 14.8 Å². The lowest BCUT2D eigenvalue weighted by molar-refractivity contribution is -0.0503. The van der Waals surface area contributed by atoms with Gasteiger partial charge in [-0.25, -0.2) is 9.78 Å². The Morgan fingerprint density at radius 2 is 1.77 bits per heavy atom. The van der Waals surface area contributed by atoms with Gasteiger partial charge < -0.3 is 14.8 Å². The number of rotatable bonds is 6. The van der Waals surface area contributed by atoms with Crippen LogP contribution in [0.3, 0.4) is 0 Å². The highest BCUT2D eigenvalue weighted by atomic mass is 32.2. The van der Waals surface area contributed by atoms with Crippen LogP contribution in [0.5, 0.6) is 11.5 Å². The highest BCUT2D eigenvalue weighted by Gasteiger charge is 2.50. The van der Waals surface area contributed by atoms with Crippen LogP contribution in [0.25, 0.3) is 0 Å². The third-order valence-corrected chi connectivity index (χ3v) is 7.99. The van der Waals surface area contributed by atoms with Gasteiger partial charge in [-0.15, -0.1) is 0 Å². The van der Waals surface area contributed by atoms with Gasteiger partial charge in [0.2, 0.25) is 0 Å². The molecule has 6 rings (SSSR count). The number of carbonyl (C=O) groups excluding carboxylic acids is 1. The van der Waals surface area contributed by atoms with E-state index in [1.54, 1.807) is 25.4 Å². The first-order chi connectivity index (χ1) is 14.6. The van der Waals surface area contributed by atoms with Crippen LogP contribution >= 0.6 is 11.8 Å². The molecule has 2 aromatic rings. The van der Waals surface area contributed by atoms with E-state index < -0.39 is 0 Å². The highest BCUT2D eigenvalue weighted by molar-refractivity contribution is 7.99. The molecule has 0 aliphatic heterocycles. The summed E-state index contributed by atoms with van der Waals surface area (Å²) in [6.07, 6.45) is 9.36. The van der Waals surface area contributed by atoms with E-state index in [2.05, 4.69) is 10.3 Å². The van der Waals surface area contributed by atoms with E-state index in [9.17, 15) is 4.79 Å². The Labute approximate surface area is 181 Å². The predicted molar refractivity (Wildman–Crippen MR) is 116 cm³/mol. The number of ether oxygens (including phenoxy) is 2. The molecule has 4 aliphatic carbocycles. The van der Waals surface area contributed by atoms with Gasteiger partial charge in [-0.05, 0) is 98.1 Å². The summed E-state index contributed by atoms with van der Waals surface area (Å²) in [4.78, 5) is 18.0. The molecule has 1 aromatic heterocycles. The second kappa shape index (κ2) is 8.14. The average Bonchev–Trinajstić information content (AvgIpc) is 2.73. The second-order valence-electron chi connectivity index (χ2n) is 9.24. The van der Waals surface area contributed by atoms with Gasteiger partial charge in [-0.3, -0.25) is 0 Å². The van der Waals surface area contributed by atoms with Crippen LogP contribution in [-0.4, -0.2) is 24.7 Å². The molecule has 0 radical (unpaired) electrons. The first kappa shape index (κ1) is 19.7. The fourth-order valence-electron chi connectivity index (χ4n) is 6.19. The van der Waals surface area contributed by atoms with E-state index in [1.165, 1.54) is 50.3 Å². The Bertz CT molecular complexity index is 880. The van der Waals surface area contributed by atoms with Gasteiger partial charge in [0.1, 0.15) is 10.8 Å². The predicted octanol–water partition coefficient (Wildman–Crippen LogP) is 5.55. The van der Waals surface area contributed by atoms with Crippen molar-refractivity contribution >= 4 is 17.9 Å². The first-order valence-corrected chi connectivity index (χ1v) is 11.7. The lowest BCUT2D eigenvalue weighted by atomic mass is 9.49. The molecule has 1 heterocycles. The standard InChI is InChI=1S/C24H28N2O3S/c1-28-19-4-6-20(7-5-19)30-22-21(3-2-8-25-22)29-23(27)26-15-24-12-16-9-17(13-24)11-18(10-16)14-24/h2-8,16-18H,9-15H2,1H3,(H,26,27). The van der Waals surface area contributed by atoms with Crippen molar-refractivity contribution in [3.05, 3.63) is 42.6 Å². The van der Waals surface area contributed by atoms with Gasteiger partial charge in [0, 0.05) is 17.6 Å². The van der Waals surface area contributed by atoms with E-state index in [0.29, 0.717) is 16.2 Å². The molecular weight excluding hydrogens is 396 g/mol. The maximum Gasteiger partial charge on any atom is 0.412 e. The van der Waals surface area contributed by atoms with Gasteiger partial charge in [0.25, 0.3) is 0 Å². The second-order valence-corrected chi connectivity index (χ2v) is 10.3. The molecular formula is C24H28N2O3S. The molecule has 5 nitrogen and oxygen atoms in total. The SMILES string of the molecule is COc1ccc(Sc2ncccc2OC(=O)NCC23CC4CC(CC(C4)C2)C3)cc1. The van der Waals surface area contributed by atoms with Crippen molar-refractivity contribution in [2.24, 2.45) is 23.2 Å². The van der Waals surface area contributed by atoms with Crippen molar-refractivity contribution in [1.82, 2.24) is 10.3 Å². The van der Waals surface area contributed by atoms with E-state index in [4.69, 9.17) is 9.47 Å². The summed E-state index contributed by atoms with van der Waals surface area (Å²) in [7, 11) is 1.65. The first-order valence-electron chi connectivity index (χ1n) is 10.8. The zero-order valence-electron chi connectivity index (χ0n) is 17.3. The lowest BCUT2D eigenvalue weighted by Gasteiger charge is -2.56. The summed E-state index contributed by atoms with van der Waals surface area (Å²) in [5, 5.41) is 3.75. The Kier molecular flexibility index (Phi) is 5.35. The maximum atomic E-state index is 12.6.